The van der Waals surface area contributed by atoms with Crippen molar-refractivity contribution in [2.75, 3.05) is 18.5 Å². The van der Waals surface area contributed by atoms with Crippen LogP contribution in [-0.2, 0) is 0 Å². The summed E-state index contributed by atoms with van der Waals surface area (Å²) in [5, 5.41) is 3.22. The van der Waals surface area contributed by atoms with Gasteiger partial charge in [0.25, 0.3) is 0 Å². The first-order valence-electron chi connectivity index (χ1n) is 6.82. The molecule has 1 heterocycles. The molecule has 0 bridgehead atoms. The highest BCUT2D eigenvalue weighted by Crippen LogP contribution is 2.29. The van der Waals surface area contributed by atoms with Crippen LogP contribution in [0.2, 0.25) is 0 Å². The summed E-state index contributed by atoms with van der Waals surface area (Å²) in [4.78, 5) is 6.51. The van der Waals surface area contributed by atoms with Crippen LogP contribution in [0.1, 0.15) is 25.5 Å². The van der Waals surface area contributed by atoms with Crippen molar-refractivity contribution in [2.45, 2.75) is 19.9 Å². The molecule has 1 atom stereocenters. The molecule has 1 N–H and O–H groups in total. The van der Waals surface area contributed by atoms with Crippen molar-refractivity contribution in [3.8, 4) is 0 Å². The van der Waals surface area contributed by atoms with Crippen LogP contribution in [0.5, 0.6) is 0 Å². The molecule has 0 saturated heterocycles. The number of nitrogens with zero attached hydrogens (tertiary/aromatic N) is 2. The van der Waals surface area contributed by atoms with Crippen molar-refractivity contribution in [2.24, 2.45) is 0 Å². The third-order valence-electron chi connectivity index (χ3n) is 3.41. The predicted octanol–water partition coefficient (Wildman–Crippen LogP) is 3.66. The number of hydrogen-bond acceptors (Lipinski definition) is 3. The van der Waals surface area contributed by atoms with Crippen molar-refractivity contribution in [1.29, 1.82) is 0 Å². The molecule has 0 spiro atoms. The Balaban J connectivity index is 2.47. The van der Waals surface area contributed by atoms with E-state index in [4.69, 9.17) is 0 Å². The van der Waals surface area contributed by atoms with Gasteiger partial charge in [-0.1, -0.05) is 12.1 Å². The van der Waals surface area contributed by atoms with E-state index >= 15 is 0 Å². The fourth-order valence-corrected chi connectivity index (χ4v) is 2.23. The molecule has 1 aromatic heterocycles. The summed E-state index contributed by atoms with van der Waals surface area (Å²) in [6, 6.07) is 10.8. The first kappa shape index (κ1) is 14.5. The van der Waals surface area contributed by atoms with Crippen LogP contribution in [0, 0.1) is 5.82 Å². The molecular formula is C16H20FN3. The van der Waals surface area contributed by atoms with Gasteiger partial charge < -0.3 is 10.2 Å². The Bertz CT molecular complexity index is 571. The summed E-state index contributed by atoms with van der Waals surface area (Å²) in [6.45, 7) is 4.84. The SMILES string of the molecule is CCN(c1cccc(F)c1)c1ncccc1C(C)NC. The van der Waals surface area contributed by atoms with Gasteiger partial charge in [0.1, 0.15) is 11.6 Å². The van der Waals surface area contributed by atoms with E-state index in [1.54, 1.807) is 12.3 Å². The second kappa shape index (κ2) is 6.48. The Kier molecular flexibility index (Phi) is 4.69. The Morgan fingerprint density at radius 3 is 2.75 bits per heavy atom. The minimum Gasteiger partial charge on any atom is -0.326 e. The Labute approximate surface area is 119 Å². The van der Waals surface area contributed by atoms with Crippen molar-refractivity contribution in [3.05, 3.63) is 54.0 Å². The maximum Gasteiger partial charge on any atom is 0.137 e. The van der Waals surface area contributed by atoms with Crippen LogP contribution in [-0.4, -0.2) is 18.6 Å². The molecule has 0 aliphatic heterocycles. The second-order valence-corrected chi connectivity index (χ2v) is 4.65. The number of anilines is 2. The molecule has 0 aliphatic carbocycles. The summed E-state index contributed by atoms with van der Waals surface area (Å²) in [5.41, 5.74) is 1.91. The van der Waals surface area contributed by atoms with E-state index < -0.39 is 0 Å². The molecular weight excluding hydrogens is 253 g/mol. The zero-order valence-electron chi connectivity index (χ0n) is 12.1. The molecule has 1 aromatic carbocycles. The fraction of sp³-hybridized carbons (Fsp3) is 0.312. The topological polar surface area (TPSA) is 28.2 Å². The predicted molar refractivity (Wildman–Crippen MR) is 80.8 cm³/mol. The minimum absolute atomic E-state index is 0.182. The van der Waals surface area contributed by atoms with Gasteiger partial charge >= 0.3 is 0 Å². The lowest BCUT2D eigenvalue weighted by molar-refractivity contribution is 0.627. The molecule has 0 amide bonds. The zero-order chi connectivity index (χ0) is 14.5. The molecule has 2 aromatic rings. The van der Waals surface area contributed by atoms with Crippen LogP contribution >= 0.6 is 0 Å². The van der Waals surface area contributed by atoms with E-state index in [-0.39, 0.29) is 11.9 Å². The molecule has 106 valence electrons. The van der Waals surface area contributed by atoms with Crippen LogP contribution in [0.15, 0.2) is 42.6 Å². The lowest BCUT2D eigenvalue weighted by Gasteiger charge is -2.26. The van der Waals surface area contributed by atoms with Gasteiger partial charge in [-0.2, -0.15) is 0 Å². The molecule has 4 heteroatoms. The summed E-state index contributed by atoms with van der Waals surface area (Å²) < 4.78 is 13.4. The Morgan fingerprint density at radius 1 is 1.30 bits per heavy atom. The van der Waals surface area contributed by atoms with Gasteiger partial charge in [0.2, 0.25) is 0 Å². The Morgan fingerprint density at radius 2 is 2.10 bits per heavy atom. The van der Waals surface area contributed by atoms with E-state index in [1.165, 1.54) is 12.1 Å². The third kappa shape index (κ3) is 2.96. The summed E-state index contributed by atoms with van der Waals surface area (Å²) in [5.74, 6) is 0.627. The molecule has 0 saturated carbocycles. The standard InChI is InChI=1S/C16H20FN3/c1-4-20(14-8-5-7-13(17)11-14)16-15(12(2)18-3)9-6-10-19-16/h5-12,18H,4H2,1-3H3. The quantitative estimate of drug-likeness (QED) is 0.901. The van der Waals surface area contributed by atoms with E-state index in [0.29, 0.717) is 0 Å². The summed E-state index contributed by atoms with van der Waals surface area (Å²) >= 11 is 0. The largest absolute Gasteiger partial charge is 0.326 e. The number of nitrogens with one attached hydrogen (secondary N) is 1. The van der Waals surface area contributed by atoms with E-state index in [0.717, 1.165) is 23.6 Å². The second-order valence-electron chi connectivity index (χ2n) is 4.65. The van der Waals surface area contributed by atoms with Crippen LogP contribution in [0.3, 0.4) is 0 Å². The molecule has 1 unspecified atom stereocenters. The number of halogens is 1. The van der Waals surface area contributed by atoms with Gasteiger partial charge in [-0.05, 0) is 45.2 Å². The summed E-state index contributed by atoms with van der Waals surface area (Å²) in [6.07, 6.45) is 1.77. The van der Waals surface area contributed by atoms with Gasteiger partial charge in [-0.25, -0.2) is 9.37 Å². The molecule has 20 heavy (non-hydrogen) atoms. The molecule has 0 aliphatic rings. The van der Waals surface area contributed by atoms with Gasteiger partial charge in [-0.3, -0.25) is 0 Å². The van der Waals surface area contributed by atoms with Crippen LogP contribution in [0.4, 0.5) is 15.9 Å². The van der Waals surface area contributed by atoms with E-state index in [2.05, 4.69) is 17.2 Å². The Hall–Kier alpha value is -1.94. The number of pyridine rings is 1. The number of hydrogen-bond donors (Lipinski definition) is 1. The summed E-state index contributed by atoms with van der Waals surface area (Å²) in [7, 11) is 1.92. The monoisotopic (exact) mass is 273 g/mol. The first-order valence-corrected chi connectivity index (χ1v) is 6.82. The smallest absolute Gasteiger partial charge is 0.137 e. The maximum atomic E-state index is 13.4. The number of benzene rings is 1. The average molecular weight is 273 g/mol. The molecule has 0 radical (unpaired) electrons. The molecule has 2 rings (SSSR count). The van der Waals surface area contributed by atoms with Crippen molar-refractivity contribution in [1.82, 2.24) is 10.3 Å². The van der Waals surface area contributed by atoms with E-state index in [1.807, 2.05) is 37.1 Å². The average Bonchev–Trinajstić information content (AvgIpc) is 2.48. The minimum atomic E-state index is -0.236. The third-order valence-corrected chi connectivity index (χ3v) is 3.41. The van der Waals surface area contributed by atoms with Gasteiger partial charge in [0.15, 0.2) is 0 Å². The fourth-order valence-electron chi connectivity index (χ4n) is 2.23. The van der Waals surface area contributed by atoms with Gasteiger partial charge in [0, 0.05) is 30.0 Å². The highest BCUT2D eigenvalue weighted by atomic mass is 19.1. The zero-order valence-corrected chi connectivity index (χ0v) is 12.1. The van der Waals surface area contributed by atoms with Gasteiger partial charge in [0.05, 0.1) is 0 Å². The number of rotatable bonds is 5. The highest BCUT2D eigenvalue weighted by molar-refractivity contribution is 5.63. The highest BCUT2D eigenvalue weighted by Gasteiger charge is 2.16. The van der Waals surface area contributed by atoms with Crippen molar-refractivity contribution < 1.29 is 4.39 Å². The van der Waals surface area contributed by atoms with Crippen molar-refractivity contribution in [3.63, 3.8) is 0 Å². The first-order chi connectivity index (χ1) is 9.67. The van der Waals surface area contributed by atoms with Crippen LogP contribution in [0.25, 0.3) is 0 Å². The van der Waals surface area contributed by atoms with Crippen molar-refractivity contribution >= 4 is 11.5 Å². The van der Waals surface area contributed by atoms with E-state index in [9.17, 15) is 4.39 Å². The van der Waals surface area contributed by atoms with Gasteiger partial charge in [-0.15, -0.1) is 0 Å². The number of aromatic nitrogens is 1. The lowest BCUT2D eigenvalue weighted by Crippen LogP contribution is -2.22. The normalized spacial score (nSPS) is 12.2. The maximum absolute atomic E-state index is 13.4. The molecule has 0 fully saturated rings. The van der Waals surface area contributed by atoms with Crippen LogP contribution < -0.4 is 10.2 Å². The molecule has 3 nitrogen and oxygen atoms in total. The lowest BCUT2D eigenvalue weighted by atomic mass is 10.1.